The van der Waals surface area contributed by atoms with Crippen molar-refractivity contribution in [1.82, 2.24) is 14.8 Å². The molecule has 0 unspecified atom stereocenters. The fourth-order valence-electron chi connectivity index (χ4n) is 2.19. The normalized spacial score (nSPS) is 10.6. The van der Waals surface area contributed by atoms with Gasteiger partial charge >= 0.3 is 0 Å². The number of hydrogen-bond acceptors (Lipinski definition) is 6. The molecule has 2 aromatic heterocycles. The van der Waals surface area contributed by atoms with Crippen LogP contribution in [0.1, 0.15) is 21.1 Å². The predicted molar refractivity (Wildman–Crippen MR) is 95.0 cm³/mol. The Bertz CT molecular complexity index is 998. The number of rotatable bonds is 5. The minimum Gasteiger partial charge on any atom is -0.483 e. The van der Waals surface area contributed by atoms with Crippen molar-refractivity contribution in [3.05, 3.63) is 68.8 Å². The molecule has 0 aliphatic heterocycles. The van der Waals surface area contributed by atoms with E-state index in [0.29, 0.717) is 5.13 Å². The number of benzene rings is 1. The average Bonchev–Trinajstić information content (AvgIpc) is 3.01. The second-order valence-electron chi connectivity index (χ2n) is 5.49. The number of pyridine rings is 1. The lowest BCUT2D eigenvalue weighted by molar-refractivity contribution is 0.101. The first-order valence-corrected chi connectivity index (χ1v) is 8.43. The van der Waals surface area contributed by atoms with Gasteiger partial charge in [-0.25, -0.2) is 4.39 Å². The highest BCUT2D eigenvalue weighted by molar-refractivity contribution is 7.15. The van der Waals surface area contributed by atoms with Crippen molar-refractivity contribution in [2.75, 3.05) is 5.32 Å². The summed E-state index contributed by atoms with van der Waals surface area (Å²) in [4.78, 5) is 24.5. The third-order valence-corrected chi connectivity index (χ3v) is 4.24. The van der Waals surface area contributed by atoms with Crippen molar-refractivity contribution in [3.8, 4) is 5.75 Å². The van der Waals surface area contributed by atoms with Gasteiger partial charge in [-0.3, -0.25) is 14.9 Å². The van der Waals surface area contributed by atoms with Crippen LogP contribution in [-0.2, 0) is 13.7 Å². The number of aryl methyl sites for hydroxylation is 2. The number of halogens is 1. The standard InChI is InChI=1S/C17H15FN4O3S/c1-10-20-21-17(26-10)19-16(24)13-7-14(23)15(8-22(13)2)25-9-11-3-5-12(18)6-4-11/h3-8H,9H2,1-2H3,(H,19,21,24). The topological polar surface area (TPSA) is 86.1 Å². The highest BCUT2D eigenvalue weighted by Crippen LogP contribution is 2.15. The summed E-state index contributed by atoms with van der Waals surface area (Å²) in [5.41, 5.74) is 0.461. The van der Waals surface area contributed by atoms with Crippen molar-refractivity contribution in [2.24, 2.45) is 7.05 Å². The SMILES string of the molecule is Cc1nnc(NC(=O)c2cc(=O)c(OCc3ccc(F)cc3)cn2C)s1. The molecule has 1 amide bonds. The summed E-state index contributed by atoms with van der Waals surface area (Å²) in [6.07, 6.45) is 1.44. The van der Waals surface area contributed by atoms with E-state index in [1.54, 1.807) is 26.1 Å². The van der Waals surface area contributed by atoms with Crippen LogP contribution in [0.2, 0.25) is 0 Å². The molecule has 0 fully saturated rings. The van der Waals surface area contributed by atoms with Crippen LogP contribution in [0.15, 0.2) is 41.3 Å². The Hall–Kier alpha value is -3.07. The van der Waals surface area contributed by atoms with Gasteiger partial charge in [0.2, 0.25) is 10.6 Å². The summed E-state index contributed by atoms with van der Waals surface area (Å²) in [7, 11) is 1.63. The van der Waals surface area contributed by atoms with Gasteiger partial charge in [0.15, 0.2) is 5.75 Å². The first-order chi connectivity index (χ1) is 12.4. The lowest BCUT2D eigenvalue weighted by Crippen LogP contribution is -2.21. The van der Waals surface area contributed by atoms with E-state index in [0.717, 1.165) is 10.6 Å². The molecule has 134 valence electrons. The number of ether oxygens (including phenoxy) is 1. The number of aromatic nitrogens is 3. The smallest absolute Gasteiger partial charge is 0.274 e. The molecule has 1 aromatic carbocycles. The van der Waals surface area contributed by atoms with Gasteiger partial charge < -0.3 is 9.30 Å². The number of hydrogen-bond donors (Lipinski definition) is 1. The Morgan fingerprint density at radius 2 is 2.04 bits per heavy atom. The summed E-state index contributed by atoms with van der Waals surface area (Å²) in [5.74, 6) is -0.711. The fourth-order valence-corrected chi connectivity index (χ4v) is 2.78. The van der Waals surface area contributed by atoms with Crippen LogP contribution < -0.4 is 15.5 Å². The van der Waals surface area contributed by atoms with Crippen LogP contribution in [0, 0.1) is 12.7 Å². The van der Waals surface area contributed by atoms with Crippen LogP contribution >= 0.6 is 11.3 Å². The predicted octanol–water partition coefficient (Wildman–Crippen LogP) is 2.52. The first kappa shape index (κ1) is 17.7. The van der Waals surface area contributed by atoms with Crippen molar-refractivity contribution in [1.29, 1.82) is 0 Å². The Morgan fingerprint density at radius 1 is 1.31 bits per heavy atom. The number of carbonyl (C=O) groups is 1. The fraction of sp³-hybridized carbons (Fsp3) is 0.176. The molecular weight excluding hydrogens is 359 g/mol. The van der Waals surface area contributed by atoms with Crippen LogP contribution in [0.4, 0.5) is 9.52 Å². The Labute approximate surface area is 152 Å². The summed E-state index contributed by atoms with van der Waals surface area (Å²) in [5, 5.41) is 11.3. The molecule has 26 heavy (non-hydrogen) atoms. The minimum absolute atomic E-state index is 0.0973. The van der Waals surface area contributed by atoms with E-state index in [1.807, 2.05) is 0 Å². The first-order valence-electron chi connectivity index (χ1n) is 7.62. The zero-order chi connectivity index (χ0) is 18.7. The largest absolute Gasteiger partial charge is 0.483 e. The van der Waals surface area contributed by atoms with E-state index in [1.165, 1.54) is 40.3 Å². The number of carbonyl (C=O) groups excluding carboxylic acids is 1. The lowest BCUT2D eigenvalue weighted by Gasteiger charge is -2.11. The van der Waals surface area contributed by atoms with Gasteiger partial charge in [-0.2, -0.15) is 0 Å². The molecule has 0 radical (unpaired) electrons. The van der Waals surface area contributed by atoms with E-state index in [2.05, 4.69) is 15.5 Å². The van der Waals surface area contributed by atoms with E-state index in [9.17, 15) is 14.0 Å². The van der Waals surface area contributed by atoms with Crippen molar-refractivity contribution < 1.29 is 13.9 Å². The summed E-state index contributed by atoms with van der Waals surface area (Å²) < 4.78 is 19.9. The van der Waals surface area contributed by atoms with Gasteiger partial charge in [-0.15, -0.1) is 10.2 Å². The molecule has 0 saturated carbocycles. The molecule has 9 heteroatoms. The Kier molecular flexibility index (Phi) is 5.08. The molecule has 0 bridgehead atoms. The molecule has 0 atom stereocenters. The van der Waals surface area contributed by atoms with Crippen LogP contribution in [0.25, 0.3) is 0 Å². The Morgan fingerprint density at radius 3 is 2.69 bits per heavy atom. The highest BCUT2D eigenvalue weighted by atomic mass is 32.1. The molecule has 2 heterocycles. The van der Waals surface area contributed by atoms with E-state index in [4.69, 9.17) is 4.74 Å². The quantitative estimate of drug-likeness (QED) is 0.742. The maximum absolute atomic E-state index is 12.9. The van der Waals surface area contributed by atoms with Gasteiger partial charge in [0.05, 0.1) is 6.20 Å². The second kappa shape index (κ2) is 7.44. The molecule has 0 spiro atoms. The van der Waals surface area contributed by atoms with Crippen molar-refractivity contribution in [3.63, 3.8) is 0 Å². The molecule has 0 aliphatic rings. The zero-order valence-electron chi connectivity index (χ0n) is 14.0. The third-order valence-electron chi connectivity index (χ3n) is 3.49. The van der Waals surface area contributed by atoms with Gasteiger partial charge in [-0.05, 0) is 24.6 Å². The van der Waals surface area contributed by atoms with Crippen LogP contribution in [0.3, 0.4) is 0 Å². The third kappa shape index (κ3) is 4.12. The molecule has 0 aliphatic carbocycles. The monoisotopic (exact) mass is 374 g/mol. The van der Waals surface area contributed by atoms with Gasteiger partial charge in [0.1, 0.15) is 23.1 Å². The molecule has 1 N–H and O–H groups in total. The summed E-state index contributed by atoms with van der Waals surface area (Å²) in [6.45, 7) is 1.89. The molecule has 3 rings (SSSR count). The average molecular weight is 374 g/mol. The molecular formula is C17H15FN4O3S. The van der Waals surface area contributed by atoms with E-state index >= 15 is 0 Å². The maximum atomic E-state index is 12.9. The summed E-state index contributed by atoms with van der Waals surface area (Å²) in [6, 6.07) is 6.99. The molecule has 7 nitrogen and oxygen atoms in total. The van der Waals surface area contributed by atoms with Gasteiger partial charge in [0, 0.05) is 13.1 Å². The number of amides is 1. The van der Waals surface area contributed by atoms with Crippen molar-refractivity contribution in [2.45, 2.75) is 13.5 Å². The zero-order valence-corrected chi connectivity index (χ0v) is 14.8. The number of anilines is 1. The maximum Gasteiger partial charge on any atom is 0.274 e. The van der Waals surface area contributed by atoms with E-state index in [-0.39, 0.29) is 23.9 Å². The lowest BCUT2D eigenvalue weighted by atomic mass is 10.2. The minimum atomic E-state index is -0.467. The number of nitrogens with zero attached hydrogens (tertiary/aromatic N) is 3. The van der Waals surface area contributed by atoms with Crippen LogP contribution in [0.5, 0.6) is 5.75 Å². The van der Waals surface area contributed by atoms with Gasteiger partial charge in [-0.1, -0.05) is 23.5 Å². The van der Waals surface area contributed by atoms with Crippen molar-refractivity contribution >= 4 is 22.4 Å². The van der Waals surface area contributed by atoms with Gasteiger partial charge in [0.25, 0.3) is 5.91 Å². The highest BCUT2D eigenvalue weighted by Gasteiger charge is 2.14. The number of nitrogens with one attached hydrogen (secondary N) is 1. The van der Waals surface area contributed by atoms with Crippen LogP contribution in [-0.4, -0.2) is 20.7 Å². The molecule has 3 aromatic rings. The second-order valence-corrected chi connectivity index (χ2v) is 6.68. The van der Waals surface area contributed by atoms with E-state index < -0.39 is 11.3 Å². The molecule has 0 saturated heterocycles. The Balaban J connectivity index is 1.74. The summed E-state index contributed by atoms with van der Waals surface area (Å²) >= 11 is 1.24.